The molecule has 0 aliphatic rings. The normalized spacial score (nSPS) is 10.8. The Labute approximate surface area is 190 Å². The predicted octanol–water partition coefficient (Wildman–Crippen LogP) is 6.86. The standard InChI is InChI=1S/C28H30O4/c1-4-5-6-19-31-26-17-9-22(20-27(26)30-3)10-18-28(29)32-25-15-13-24(14-16-25)23-11-7-21(2)8-12-23/h7-18,20H,4-6,19H2,1-3H3/b18-10+. The Morgan fingerprint density at radius 2 is 1.56 bits per heavy atom. The quantitative estimate of drug-likeness (QED) is 0.153. The zero-order valence-corrected chi connectivity index (χ0v) is 19.0. The van der Waals surface area contributed by atoms with Gasteiger partial charge in [0.15, 0.2) is 11.5 Å². The van der Waals surface area contributed by atoms with E-state index < -0.39 is 5.97 Å². The molecule has 0 N–H and O–H groups in total. The molecule has 0 heterocycles. The Morgan fingerprint density at radius 1 is 0.875 bits per heavy atom. The van der Waals surface area contributed by atoms with Crippen molar-refractivity contribution in [2.24, 2.45) is 0 Å². The van der Waals surface area contributed by atoms with E-state index in [1.54, 1.807) is 25.3 Å². The number of unbranched alkanes of at least 4 members (excludes halogenated alkanes) is 2. The van der Waals surface area contributed by atoms with Crippen LogP contribution in [0.3, 0.4) is 0 Å². The third-order valence-corrected chi connectivity index (χ3v) is 5.06. The maximum absolute atomic E-state index is 12.2. The first kappa shape index (κ1) is 23.1. The Kier molecular flexibility index (Phi) is 8.50. The number of carbonyl (C=O) groups excluding carboxylic acids is 1. The summed E-state index contributed by atoms with van der Waals surface area (Å²) in [6.07, 6.45) is 6.41. The molecule has 0 bridgehead atoms. The van der Waals surface area contributed by atoms with Gasteiger partial charge >= 0.3 is 5.97 Å². The average Bonchev–Trinajstić information content (AvgIpc) is 2.82. The highest BCUT2D eigenvalue weighted by atomic mass is 16.5. The molecule has 166 valence electrons. The highest BCUT2D eigenvalue weighted by Gasteiger charge is 2.06. The largest absolute Gasteiger partial charge is 0.493 e. The van der Waals surface area contributed by atoms with Crippen LogP contribution in [0.1, 0.15) is 37.3 Å². The monoisotopic (exact) mass is 430 g/mol. The van der Waals surface area contributed by atoms with Gasteiger partial charge in [-0.1, -0.05) is 67.8 Å². The first-order valence-electron chi connectivity index (χ1n) is 11.0. The Bertz CT molecular complexity index is 1030. The number of aryl methyl sites for hydroxylation is 1. The minimum Gasteiger partial charge on any atom is -0.493 e. The molecule has 3 aromatic carbocycles. The van der Waals surface area contributed by atoms with Crippen molar-refractivity contribution in [2.75, 3.05) is 13.7 Å². The molecule has 3 aromatic rings. The first-order valence-corrected chi connectivity index (χ1v) is 11.0. The SMILES string of the molecule is CCCCCOc1ccc(/C=C/C(=O)Oc2ccc(-c3ccc(C)cc3)cc2)cc1OC. The summed E-state index contributed by atoms with van der Waals surface area (Å²) in [5.74, 6) is 1.41. The van der Waals surface area contributed by atoms with Crippen molar-refractivity contribution in [2.45, 2.75) is 33.1 Å². The van der Waals surface area contributed by atoms with Gasteiger partial charge in [0, 0.05) is 6.08 Å². The van der Waals surface area contributed by atoms with Gasteiger partial charge in [0.1, 0.15) is 5.75 Å². The molecule has 4 heteroatoms. The van der Waals surface area contributed by atoms with Crippen LogP contribution in [0.25, 0.3) is 17.2 Å². The fourth-order valence-corrected chi connectivity index (χ4v) is 3.22. The third kappa shape index (κ3) is 6.74. The van der Waals surface area contributed by atoms with Gasteiger partial charge in [-0.3, -0.25) is 0 Å². The molecule has 0 radical (unpaired) electrons. The van der Waals surface area contributed by atoms with Crippen LogP contribution in [-0.4, -0.2) is 19.7 Å². The van der Waals surface area contributed by atoms with E-state index in [4.69, 9.17) is 14.2 Å². The van der Waals surface area contributed by atoms with E-state index >= 15 is 0 Å². The molecule has 0 unspecified atom stereocenters. The summed E-state index contributed by atoms with van der Waals surface area (Å²) in [4.78, 5) is 12.2. The predicted molar refractivity (Wildman–Crippen MR) is 129 cm³/mol. The van der Waals surface area contributed by atoms with Crippen molar-refractivity contribution >= 4 is 12.0 Å². The number of hydrogen-bond donors (Lipinski definition) is 0. The number of carbonyl (C=O) groups is 1. The summed E-state index contributed by atoms with van der Waals surface area (Å²) in [5.41, 5.74) is 4.25. The fraction of sp³-hybridized carbons (Fsp3) is 0.250. The molecule has 4 nitrogen and oxygen atoms in total. The van der Waals surface area contributed by atoms with Crippen LogP contribution in [0.2, 0.25) is 0 Å². The number of benzene rings is 3. The molecular weight excluding hydrogens is 400 g/mol. The van der Waals surface area contributed by atoms with Crippen molar-refractivity contribution in [1.29, 1.82) is 0 Å². The van der Waals surface area contributed by atoms with E-state index in [-0.39, 0.29) is 0 Å². The number of methoxy groups -OCH3 is 1. The minimum atomic E-state index is -0.438. The molecule has 3 rings (SSSR count). The summed E-state index contributed by atoms with van der Waals surface area (Å²) >= 11 is 0. The van der Waals surface area contributed by atoms with Gasteiger partial charge in [-0.05, 0) is 60.4 Å². The topological polar surface area (TPSA) is 44.8 Å². The van der Waals surface area contributed by atoms with Crippen LogP contribution in [-0.2, 0) is 4.79 Å². The lowest BCUT2D eigenvalue weighted by atomic mass is 10.0. The van der Waals surface area contributed by atoms with Crippen LogP contribution in [0, 0.1) is 6.92 Å². The summed E-state index contributed by atoms with van der Waals surface area (Å²) in [5, 5.41) is 0. The van der Waals surface area contributed by atoms with E-state index in [1.165, 1.54) is 11.6 Å². The second-order valence-electron chi connectivity index (χ2n) is 7.61. The molecule has 0 amide bonds. The lowest BCUT2D eigenvalue weighted by molar-refractivity contribution is -0.128. The van der Waals surface area contributed by atoms with E-state index in [1.807, 2.05) is 30.3 Å². The fourth-order valence-electron chi connectivity index (χ4n) is 3.22. The van der Waals surface area contributed by atoms with Crippen LogP contribution in [0.15, 0.2) is 72.8 Å². The molecular formula is C28H30O4. The minimum absolute atomic E-state index is 0.438. The maximum Gasteiger partial charge on any atom is 0.336 e. The summed E-state index contributed by atoms with van der Waals surface area (Å²) in [6, 6.07) is 21.4. The van der Waals surface area contributed by atoms with E-state index in [0.717, 1.165) is 36.0 Å². The van der Waals surface area contributed by atoms with Crippen molar-refractivity contribution in [3.63, 3.8) is 0 Å². The van der Waals surface area contributed by atoms with Gasteiger partial charge in [-0.25, -0.2) is 4.79 Å². The number of rotatable bonds is 10. The highest BCUT2D eigenvalue weighted by Crippen LogP contribution is 2.29. The van der Waals surface area contributed by atoms with Gasteiger partial charge < -0.3 is 14.2 Å². The van der Waals surface area contributed by atoms with Crippen molar-refractivity contribution in [3.05, 3.63) is 83.9 Å². The van der Waals surface area contributed by atoms with Gasteiger partial charge in [0.05, 0.1) is 13.7 Å². The van der Waals surface area contributed by atoms with Gasteiger partial charge in [-0.2, -0.15) is 0 Å². The second kappa shape index (κ2) is 11.8. The summed E-state index contributed by atoms with van der Waals surface area (Å²) < 4.78 is 16.6. The molecule has 0 saturated heterocycles. The number of ether oxygens (including phenoxy) is 3. The zero-order chi connectivity index (χ0) is 22.8. The number of hydrogen-bond acceptors (Lipinski definition) is 4. The van der Waals surface area contributed by atoms with Crippen LogP contribution in [0.5, 0.6) is 17.2 Å². The third-order valence-electron chi connectivity index (χ3n) is 5.06. The van der Waals surface area contributed by atoms with E-state index in [0.29, 0.717) is 23.9 Å². The molecule has 0 fully saturated rings. The van der Waals surface area contributed by atoms with Crippen molar-refractivity contribution < 1.29 is 19.0 Å². The molecule has 0 aliphatic carbocycles. The average molecular weight is 431 g/mol. The van der Waals surface area contributed by atoms with Crippen molar-refractivity contribution in [1.82, 2.24) is 0 Å². The van der Waals surface area contributed by atoms with Gasteiger partial charge in [0.2, 0.25) is 0 Å². The Balaban J connectivity index is 1.58. The zero-order valence-electron chi connectivity index (χ0n) is 19.0. The summed E-state index contributed by atoms with van der Waals surface area (Å²) in [6.45, 7) is 4.88. The lowest BCUT2D eigenvalue weighted by Crippen LogP contribution is -2.03. The Hall–Kier alpha value is -3.53. The maximum atomic E-state index is 12.2. The second-order valence-corrected chi connectivity index (χ2v) is 7.61. The van der Waals surface area contributed by atoms with Gasteiger partial charge in [-0.15, -0.1) is 0 Å². The van der Waals surface area contributed by atoms with E-state index in [2.05, 4.69) is 38.1 Å². The molecule has 0 aliphatic heterocycles. The Morgan fingerprint density at radius 3 is 2.22 bits per heavy atom. The molecule has 0 atom stereocenters. The van der Waals surface area contributed by atoms with E-state index in [9.17, 15) is 4.79 Å². The highest BCUT2D eigenvalue weighted by molar-refractivity contribution is 5.89. The van der Waals surface area contributed by atoms with Gasteiger partial charge in [0.25, 0.3) is 0 Å². The van der Waals surface area contributed by atoms with Crippen molar-refractivity contribution in [3.8, 4) is 28.4 Å². The molecule has 0 spiro atoms. The summed E-state index contributed by atoms with van der Waals surface area (Å²) in [7, 11) is 1.61. The first-order chi connectivity index (χ1) is 15.6. The van der Waals surface area contributed by atoms with Crippen LogP contribution < -0.4 is 14.2 Å². The number of esters is 1. The smallest absolute Gasteiger partial charge is 0.336 e. The molecule has 0 aromatic heterocycles. The molecule has 0 saturated carbocycles. The van der Waals surface area contributed by atoms with Crippen LogP contribution >= 0.6 is 0 Å². The lowest BCUT2D eigenvalue weighted by Gasteiger charge is -2.11. The molecule has 32 heavy (non-hydrogen) atoms. The van der Waals surface area contributed by atoms with Crippen LogP contribution in [0.4, 0.5) is 0 Å².